The van der Waals surface area contributed by atoms with Crippen LogP contribution in [0.15, 0.2) is 24.3 Å². The first-order valence-corrected chi connectivity index (χ1v) is 6.37. The Balaban J connectivity index is 0. The minimum absolute atomic E-state index is 0.245. The Morgan fingerprint density at radius 2 is 1.55 bits per heavy atom. The molecule has 1 N–H and O–H groups in total. The molecule has 0 heterocycles. The van der Waals surface area contributed by atoms with Crippen molar-refractivity contribution in [1.82, 2.24) is 0 Å². The number of carbonyl (C=O) groups excluding carboxylic acids is 1. The van der Waals surface area contributed by atoms with Gasteiger partial charge < -0.3 is 4.74 Å². The summed E-state index contributed by atoms with van der Waals surface area (Å²) >= 11 is 0. The largest absolute Gasteiger partial charge is 0.453 e. The Hall–Kier alpha value is -1.72. The fraction of sp³-hybridized carbons (Fsp3) is 0.500. The lowest BCUT2D eigenvalue weighted by Crippen LogP contribution is -2.11. The summed E-state index contributed by atoms with van der Waals surface area (Å²) < 4.78 is 40.7. The smallest absolute Gasteiger partial charge is 0.416 e. The Kier molecular flexibility index (Phi) is 11.5. The van der Waals surface area contributed by atoms with Gasteiger partial charge in [0, 0.05) is 5.69 Å². The molecule has 0 spiro atoms. The number of ether oxygens (including phenoxy) is 1. The van der Waals surface area contributed by atoms with Crippen molar-refractivity contribution in [3.05, 3.63) is 29.8 Å². The summed E-state index contributed by atoms with van der Waals surface area (Å²) in [5.74, 6) is 0. The molecular formula is C14H22F3NO2. The predicted octanol–water partition coefficient (Wildman–Crippen LogP) is 5.33. The molecular weight excluding hydrogens is 271 g/mol. The first kappa shape index (κ1) is 20.6. The number of hydrogen-bond donors (Lipinski definition) is 1. The van der Waals surface area contributed by atoms with Crippen LogP contribution in [0.2, 0.25) is 0 Å². The van der Waals surface area contributed by atoms with E-state index in [9.17, 15) is 18.0 Å². The third-order valence-electron chi connectivity index (χ3n) is 1.64. The number of carbonyl (C=O) groups is 1. The minimum Gasteiger partial charge on any atom is -0.453 e. The quantitative estimate of drug-likeness (QED) is 0.760. The van der Waals surface area contributed by atoms with Crippen molar-refractivity contribution in [2.45, 2.75) is 40.3 Å². The minimum atomic E-state index is -4.37. The number of methoxy groups -OCH3 is 1. The van der Waals surface area contributed by atoms with E-state index in [0.717, 1.165) is 24.3 Å². The van der Waals surface area contributed by atoms with Crippen molar-refractivity contribution in [2.75, 3.05) is 12.4 Å². The van der Waals surface area contributed by atoms with Gasteiger partial charge in [-0.15, -0.1) is 0 Å². The van der Waals surface area contributed by atoms with Crippen LogP contribution < -0.4 is 5.32 Å². The summed E-state index contributed by atoms with van der Waals surface area (Å²) in [6.07, 6.45) is -3.85. The Bertz CT molecular complexity index is 362. The van der Waals surface area contributed by atoms with Crippen molar-refractivity contribution in [1.29, 1.82) is 0 Å². The van der Waals surface area contributed by atoms with Gasteiger partial charge in [-0.2, -0.15) is 13.2 Å². The van der Waals surface area contributed by atoms with Gasteiger partial charge in [-0.25, -0.2) is 4.79 Å². The lowest BCUT2D eigenvalue weighted by molar-refractivity contribution is -0.137. The molecule has 0 aliphatic rings. The average molecular weight is 293 g/mol. The molecule has 0 saturated carbocycles. The molecule has 0 radical (unpaired) electrons. The molecule has 0 fully saturated rings. The summed E-state index contributed by atoms with van der Waals surface area (Å²) in [6, 6.07) is 4.07. The Morgan fingerprint density at radius 1 is 1.15 bits per heavy atom. The zero-order chi connectivity index (χ0) is 16.2. The number of halogens is 3. The highest BCUT2D eigenvalue weighted by molar-refractivity contribution is 5.84. The van der Waals surface area contributed by atoms with E-state index in [2.05, 4.69) is 23.9 Å². The van der Waals surface area contributed by atoms with Crippen LogP contribution in [0, 0.1) is 0 Å². The van der Waals surface area contributed by atoms with Gasteiger partial charge >= 0.3 is 12.3 Å². The number of hydrogen-bond acceptors (Lipinski definition) is 2. The molecule has 1 amide bonds. The van der Waals surface area contributed by atoms with E-state index in [-0.39, 0.29) is 5.69 Å². The van der Waals surface area contributed by atoms with Gasteiger partial charge in [-0.1, -0.05) is 34.1 Å². The standard InChI is InChI=1S/C9H8F3NO2.C3H8.C2H6/c1-15-8(14)13-7-4-2-6(3-5-7)9(10,11)12;1-3-2;1-2/h2-5H,1H3,(H,13,14);3H2,1-2H3;1-2H3. The van der Waals surface area contributed by atoms with Crippen molar-refractivity contribution in [2.24, 2.45) is 0 Å². The number of rotatable bonds is 1. The van der Waals surface area contributed by atoms with E-state index in [0.29, 0.717) is 0 Å². The molecule has 1 aromatic rings. The number of amides is 1. The highest BCUT2D eigenvalue weighted by atomic mass is 19.4. The highest BCUT2D eigenvalue weighted by Gasteiger charge is 2.29. The molecule has 0 aliphatic carbocycles. The first-order chi connectivity index (χ1) is 9.35. The maximum atomic E-state index is 12.1. The number of anilines is 1. The monoisotopic (exact) mass is 293 g/mol. The molecule has 116 valence electrons. The molecule has 0 unspecified atom stereocenters. The van der Waals surface area contributed by atoms with E-state index < -0.39 is 17.8 Å². The topological polar surface area (TPSA) is 38.3 Å². The summed E-state index contributed by atoms with van der Waals surface area (Å²) in [4.78, 5) is 10.7. The highest BCUT2D eigenvalue weighted by Crippen LogP contribution is 2.29. The summed E-state index contributed by atoms with van der Waals surface area (Å²) in [5.41, 5.74) is -0.521. The van der Waals surface area contributed by atoms with Gasteiger partial charge in [0.15, 0.2) is 0 Å². The maximum absolute atomic E-state index is 12.1. The second-order valence-electron chi connectivity index (χ2n) is 3.40. The van der Waals surface area contributed by atoms with Gasteiger partial charge in [-0.05, 0) is 24.3 Å². The molecule has 0 atom stereocenters. The van der Waals surface area contributed by atoms with E-state index in [1.165, 1.54) is 13.5 Å². The van der Waals surface area contributed by atoms with Crippen LogP contribution in [0.1, 0.15) is 39.7 Å². The van der Waals surface area contributed by atoms with Crippen molar-refractivity contribution in [3.8, 4) is 0 Å². The molecule has 20 heavy (non-hydrogen) atoms. The second-order valence-corrected chi connectivity index (χ2v) is 3.40. The van der Waals surface area contributed by atoms with Gasteiger partial charge in [0.1, 0.15) is 0 Å². The zero-order valence-electron chi connectivity index (χ0n) is 12.5. The lowest BCUT2D eigenvalue weighted by Gasteiger charge is -2.07. The van der Waals surface area contributed by atoms with E-state index in [1.54, 1.807) is 0 Å². The summed E-state index contributed by atoms with van der Waals surface area (Å²) in [7, 11) is 1.17. The number of nitrogens with one attached hydrogen (secondary N) is 1. The predicted molar refractivity (Wildman–Crippen MR) is 74.8 cm³/mol. The maximum Gasteiger partial charge on any atom is 0.416 e. The third-order valence-corrected chi connectivity index (χ3v) is 1.64. The SMILES string of the molecule is CC.CCC.COC(=O)Nc1ccc(C(F)(F)F)cc1. The molecule has 6 heteroatoms. The average Bonchev–Trinajstić information content (AvgIpc) is 2.41. The third kappa shape index (κ3) is 9.24. The van der Waals surface area contributed by atoms with E-state index >= 15 is 0 Å². The van der Waals surface area contributed by atoms with Crippen LogP contribution in [-0.4, -0.2) is 13.2 Å². The molecule has 0 aliphatic heterocycles. The van der Waals surface area contributed by atoms with Crippen LogP contribution in [0.4, 0.5) is 23.7 Å². The Labute approximate surface area is 118 Å². The molecule has 3 nitrogen and oxygen atoms in total. The summed E-state index contributed by atoms with van der Waals surface area (Å²) in [6.45, 7) is 8.25. The van der Waals surface area contributed by atoms with E-state index in [1.807, 2.05) is 13.8 Å². The molecule has 1 rings (SSSR count). The molecule has 0 bridgehead atoms. The number of alkyl halides is 3. The summed E-state index contributed by atoms with van der Waals surface area (Å²) in [5, 5.41) is 2.24. The van der Waals surface area contributed by atoms with Gasteiger partial charge in [0.25, 0.3) is 0 Å². The zero-order valence-corrected chi connectivity index (χ0v) is 12.5. The van der Waals surface area contributed by atoms with Crippen LogP contribution in [0.5, 0.6) is 0 Å². The van der Waals surface area contributed by atoms with Crippen LogP contribution in [0.25, 0.3) is 0 Å². The Morgan fingerprint density at radius 3 is 1.85 bits per heavy atom. The number of benzene rings is 1. The van der Waals surface area contributed by atoms with Gasteiger partial charge in [0.2, 0.25) is 0 Å². The normalized spacial score (nSPS) is 9.40. The van der Waals surface area contributed by atoms with Crippen molar-refractivity contribution in [3.63, 3.8) is 0 Å². The van der Waals surface area contributed by atoms with E-state index in [4.69, 9.17) is 0 Å². The lowest BCUT2D eigenvalue weighted by atomic mass is 10.2. The van der Waals surface area contributed by atoms with Crippen molar-refractivity contribution >= 4 is 11.8 Å². The fourth-order valence-corrected chi connectivity index (χ4v) is 0.911. The van der Waals surface area contributed by atoms with Crippen molar-refractivity contribution < 1.29 is 22.7 Å². The molecule has 1 aromatic carbocycles. The van der Waals surface area contributed by atoms with Crippen LogP contribution >= 0.6 is 0 Å². The van der Waals surface area contributed by atoms with Gasteiger partial charge in [0.05, 0.1) is 12.7 Å². The van der Waals surface area contributed by atoms with Crippen LogP contribution in [-0.2, 0) is 10.9 Å². The molecule has 0 aromatic heterocycles. The van der Waals surface area contributed by atoms with Gasteiger partial charge in [-0.3, -0.25) is 5.32 Å². The first-order valence-electron chi connectivity index (χ1n) is 6.37. The van der Waals surface area contributed by atoms with Crippen LogP contribution in [0.3, 0.4) is 0 Å². The molecule has 0 saturated heterocycles. The second kappa shape index (κ2) is 11.1. The fourth-order valence-electron chi connectivity index (χ4n) is 0.911.